The number of hydrogen-bond donors (Lipinski definition) is 1. The molecule has 1 aromatic heterocycles. The molecule has 0 saturated carbocycles. The lowest BCUT2D eigenvalue weighted by atomic mass is 10.1. The number of nitrogens with zero attached hydrogens (tertiary/aromatic N) is 2. The van der Waals surface area contributed by atoms with Gasteiger partial charge in [0.2, 0.25) is 5.91 Å². The largest absolute Gasteiger partial charge is 0.490 e. The smallest absolute Gasteiger partial charge is 0.311 e. The number of hydrogen-bond acceptors (Lipinski definition) is 7. The van der Waals surface area contributed by atoms with Crippen LogP contribution in [0.3, 0.4) is 0 Å². The van der Waals surface area contributed by atoms with Crippen LogP contribution in [0.4, 0.5) is 15.2 Å². The maximum atomic E-state index is 13.1. The fourth-order valence-electron chi connectivity index (χ4n) is 2.71. The third-order valence-corrected chi connectivity index (χ3v) is 5.99. The molecule has 30 heavy (non-hydrogen) atoms. The van der Waals surface area contributed by atoms with E-state index in [-0.39, 0.29) is 28.9 Å². The van der Waals surface area contributed by atoms with E-state index in [1.54, 1.807) is 24.3 Å². The van der Waals surface area contributed by atoms with E-state index in [0.29, 0.717) is 16.6 Å². The number of aromatic nitrogens is 1. The molecular weight excluding hydrogens is 429 g/mol. The predicted octanol–water partition coefficient (Wildman–Crippen LogP) is 5.05. The molecule has 2 aromatic carbocycles. The van der Waals surface area contributed by atoms with Gasteiger partial charge in [0.25, 0.3) is 0 Å². The Morgan fingerprint density at radius 1 is 1.30 bits per heavy atom. The number of nitrogens with one attached hydrogen (secondary N) is 1. The number of anilines is 1. The van der Waals surface area contributed by atoms with Gasteiger partial charge in [-0.15, -0.1) is 23.1 Å². The highest BCUT2D eigenvalue weighted by atomic mass is 32.2. The van der Waals surface area contributed by atoms with Crippen molar-refractivity contribution in [3.8, 4) is 17.0 Å². The van der Waals surface area contributed by atoms with Gasteiger partial charge in [-0.05, 0) is 42.8 Å². The Hall–Kier alpha value is -2.98. The number of benzene rings is 2. The summed E-state index contributed by atoms with van der Waals surface area (Å²) >= 11 is 2.68. The summed E-state index contributed by atoms with van der Waals surface area (Å²) in [6, 6.07) is 10.8. The highest BCUT2D eigenvalue weighted by Gasteiger charge is 2.16. The number of thiazole rings is 1. The van der Waals surface area contributed by atoms with Gasteiger partial charge in [-0.25, -0.2) is 9.37 Å². The zero-order valence-electron chi connectivity index (χ0n) is 16.2. The summed E-state index contributed by atoms with van der Waals surface area (Å²) in [6.07, 6.45) is 0. The Kier molecular flexibility index (Phi) is 7.01. The summed E-state index contributed by atoms with van der Waals surface area (Å²) in [5, 5.41) is 14.3. The standard InChI is InChI=1S/C20H18FN3O4S2/c1-12-19(14-4-6-15(21)7-5-14)23-20(30-12)22-18(25)11-29-10-13-3-8-17(28-2)16(9-13)24(26)27/h3-9H,10-11H2,1-2H3,(H,22,23,25). The maximum Gasteiger partial charge on any atom is 0.311 e. The van der Waals surface area contributed by atoms with Crippen molar-refractivity contribution in [1.29, 1.82) is 0 Å². The third-order valence-electron chi connectivity index (χ3n) is 4.10. The van der Waals surface area contributed by atoms with Crippen molar-refractivity contribution in [2.45, 2.75) is 12.7 Å². The van der Waals surface area contributed by atoms with Crippen LogP contribution >= 0.6 is 23.1 Å². The Labute approximate surface area is 180 Å². The first-order valence-electron chi connectivity index (χ1n) is 8.79. The molecule has 0 bridgehead atoms. The summed E-state index contributed by atoms with van der Waals surface area (Å²) < 4.78 is 18.1. The number of nitro benzene ring substituents is 1. The molecule has 0 fully saturated rings. The van der Waals surface area contributed by atoms with Gasteiger partial charge in [0.1, 0.15) is 5.82 Å². The average Bonchev–Trinajstić information content (AvgIpc) is 3.08. The van der Waals surface area contributed by atoms with Gasteiger partial charge in [0.05, 0.1) is 23.5 Å². The number of aryl methyl sites for hydroxylation is 1. The molecule has 0 atom stereocenters. The summed E-state index contributed by atoms with van der Waals surface area (Å²) in [4.78, 5) is 28.2. The maximum absolute atomic E-state index is 13.1. The van der Waals surface area contributed by atoms with Crippen LogP contribution in [0, 0.1) is 22.9 Å². The molecule has 156 valence electrons. The molecule has 0 aliphatic carbocycles. The van der Waals surface area contributed by atoms with E-state index < -0.39 is 4.92 Å². The van der Waals surface area contributed by atoms with Crippen LogP contribution < -0.4 is 10.1 Å². The van der Waals surface area contributed by atoms with E-state index in [0.717, 1.165) is 16.0 Å². The van der Waals surface area contributed by atoms with Gasteiger partial charge in [-0.2, -0.15) is 0 Å². The van der Waals surface area contributed by atoms with Crippen LogP contribution in [0.15, 0.2) is 42.5 Å². The van der Waals surface area contributed by atoms with Crippen molar-refractivity contribution in [3.63, 3.8) is 0 Å². The van der Waals surface area contributed by atoms with E-state index in [4.69, 9.17) is 4.74 Å². The topological polar surface area (TPSA) is 94.4 Å². The quantitative estimate of drug-likeness (QED) is 0.384. The molecule has 1 N–H and O–H groups in total. The Morgan fingerprint density at radius 2 is 2.03 bits per heavy atom. The molecule has 7 nitrogen and oxygen atoms in total. The molecular formula is C20H18FN3O4S2. The first-order chi connectivity index (χ1) is 14.4. The Balaban J connectivity index is 1.57. The number of methoxy groups -OCH3 is 1. The second kappa shape index (κ2) is 9.68. The second-order valence-corrected chi connectivity index (χ2v) is 8.42. The minimum Gasteiger partial charge on any atom is -0.490 e. The lowest BCUT2D eigenvalue weighted by molar-refractivity contribution is -0.385. The predicted molar refractivity (Wildman–Crippen MR) is 117 cm³/mol. The van der Waals surface area contributed by atoms with E-state index in [2.05, 4.69) is 10.3 Å². The second-order valence-electron chi connectivity index (χ2n) is 6.23. The molecule has 0 unspecified atom stereocenters. The van der Waals surface area contributed by atoms with E-state index in [9.17, 15) is 19.3 Å². The van der Waals surface area contributed by atoms with E-state index >= 15 is 0 Å². The van der Waals surface area contributed by atoms with Crippen molar-refractivity contribution in [2.24, 2.45) is 0 Å². The number of ether oxygens (including phenoxy) is 1. The Morgan fingerprint density at radius 3 is 2.70 bits per heavy atom. The van der Waals surface area contributed by atoms with Crippen LogP contribution in [0.5, 0.6) is 5.75 Å². The van der Waals surface area contributed by atoms with Crippen LogP contribution in [0.25, 0.3) is 11.3 Å². The highest BCUT2D eigenvalue weighted by Crippen LogP contribution is 2.31. The molecule has 0 aliphatic rings. The first kappa shape index (κ1) is 21.7. The normalized spacial score (nSPS) is 10.6. The molecule has 0 aliphatic heterocycles. The molecule has 0 saturated heterocycles. The molecule has 10 heteroatoms. The molecule has 3 rings (SSSR count). The fourth-order valence-corrected chi connectivity index (χ4v) is 4.34. The van der Waals surface area contributed by atoms with Crippen molar-refractivity contribution >= 4 is 39.8 Å². The molecule has 0 spiro atoms. The van der Waals surface area contributed by atoms with Gasteiger partial charge < -0.3 is 10.1 Å². The summed E-state index contributed by atoms with van der Waals surface area (Å²) in [5.74, 6) is 0.268. The summed E-state index contributed by atoms with van der Waals surface area (Å²) in [7, 11) is 1.38. The minimum atomic E-state index is -0.497. The van der Waals surface area contributed by atoms with Crippen molar-refractivity contribution in [3.05, 3.63) is 68.8 Å². The zero-order valence-corrected chi connectivity index (χ0v) is 17.8. The zero-order chi connectivity index (χ0) is 21.7. The average molecular weight is 448 g/mol. The summed E-state index contributed by atoms with van der Waals surface area (Å²) in [6.45, 7) is 1.89. The van der Waals surface area contributed by atoms with Crippen molar-refractivity contribution in [2.75, 3.05) is 18.2 Å². The van der Waals surface area contributed by atoms with Crippen LogP contribution in [0.2, 0.25) is 0 Å². The van der Waals surface area contributed by atoms with Crippen molar-refractivity contribution < 1.29 is 18.8 Å². The lowest BCUT2D eigenvalue weighted by Crippen LogP contribution is -2.14. The van der Waals surface area contributed by atoms with E-state index in [1.165, 1.54) is 48.4 Å². The lowest BCUT2D eigenvalue weighted by Gasteiger charge is -2.05. The molecule has 3 aromatic rings. The van der Waals surface area contributed by atoms with Crippen LogP contribution in [-0.4, -0.2) is 28.7 Å². The van der Waals surface area contributed by atoms with Crippen LogP contribution in [0.1, 0.15) is 10.4 Å². The summed E-state index contributed by atoms with van der Waals surface area (Å²) in [5.41, 5.74) is 2.10. The van der Waals surface area contributed by atoms with Crippen LogP contribution in [-0.2, 0) is 10.5 Å². The number of nitro groups is 1. The first-order valence-corrected chi connectivity index (χ1v) is 10.8. The highest BCUT2D eigenvalue weighted by molar-refractivity contribution is 7.99. The van der Waals surface area contributed by atoms with Crippen molar-refractivity contribution in [1.82, 2.24) is 4.98 Å². The minimum absolute atomic E-state index is 0.105. The Bertz CT molecular complexity index is 1070. The van der Waals surface area contributed by atoms with Gasteiger partial charge in [-0.3, -0.25) is 14.9 Å². The molecule has 1 heterocycles. The van der Waals surface area contributed by atoms with Gasteiger partial charge in [0, 0.05) is 22.3 Å². The fraction of sp³-hybridized carbons (Fsp3) is 0.200. The molecule has 0 radical (unpaired) electrons. The SMILES string of the molecule is COc1ccc(CSCC(=O)Nc2nc(-c3ccc(F)cc3)c(C)s2)cc1[N+](=O)[O-]. The van der Waals surface area contributed by atoms with Gasteiger partial charge in [-0.1, -0.05) is 6.07 Å². The van der Waals surface area contributed by atoms with Gasteiger partial charge >= 0.3 is 5.69 Å². The molecule has 1 amide bonds. The van der Waals surface area contributed by atoms with E-state index in [1.807, 2.05) is 6.92 Å². The number of thioether (sulfide) groups is 1. The monoisotopic (exact) mass is 447 g/mol. The van der Waals surface area contributed by atoms with Gasteiger partial charge in [0.15, 0.2) is 10.9 Å². The number of amides is 1. The number of halogens is 1. The number of carbonyl (C=O) groups excluding carboxylic acids is 1. The number of rotatable bonds is 8. The third kappa shape index (κ3) is 5.33. The number of carbonyl (C=O) groups is 1.